The second kappa shape index (κ2) is 5.10. The molecule has 2 aromatic rings. The van der Waals surface area contributed by atoms with Crippen molar-refractivity contribution in [1.82, 2.24) is 4.98 Å². The van der Waals surface area contributed by atoms with E-state index >= 15 is 0 Å². The molecule has 1 aromatic heterocycles. The summed E-state index contributed by atoms with van der Waals surface area (Å²) < 4.78 is 5.31. The van der Waals surface area contributed by atoms with Crippen LogP contribution < -0.4 is 10.1 Å². The highest BCUT2D eigenvalue weighted by Crippen LogP contribution is 2.38. The lowest BCUT2D eigenvalue weighted by Gasteiger charge is -2.19. The van der Waals surface area contributed by atoms with Crippen LogP contribution in [-0.2, 0) is 6.42 Å². The molecule has 0 radical (unpaired) electrons. The summed E-state index contributed by atoms with van der Waals surface area (Å²) in [5.74, 6) is 1.47. The van der Waals surface area contributed by atoms with Crippen molar-refractivity contribution in [3.8, 4) is 5.75 Å². The molecule has 3 nitrogen and oxygen atoms in total. The fourth-order valence-electron chi connectivity index (χ4n) is 2.53. The first-order chi connectivity index (χ1) is 9.29. The van der Waals surface area contributed by atoms with Crippen LogP contribution in [0.25, 0.3) is 0 Å². The number of aromatic nitrogens is 1. The Hall–Kier alpha value is -1.74. The molecule has 2 atom stereocenters. The Kier molecular flexibility index (Phi) is 3.30. The number of halogens is 1. The van der Waals surface area contributed by atoms with Gasteiger partial charge in [-0.3, -0.25) is 0 Å². The maximum Gasteiger partial charge on any atom is 0.169 e. The van der Waals surface area contributed by atoms with Gasteiger partial charge in [-0.15, -0.1) is 11.6 Å². The maximum atomic E-state index is 6.46. The molecule has 0 spiro atoms. The number of anilines is 1. The van der Waals surface area contributed by atoms with Gasteiger partial charge in [0, 0.05) is 6.20 Å². The molecule has 0 bridgehead atoms. The quantitative estimate of drug-likeness (QED) is 0.871. The fourth-order valence-corrected chi connectivity index (χ4v) is 2.89. The number of benzene rings is 1. The van der Waals surface area contributed by atoms with Gasteiger partial charge in [-0.25, -0.2) is 4.98 Å². The number of methoxy groups -OCH3 is 1. The first-order valence-electron chi connectivity index (χ1n) is 6.27. The van der Waals surface area contributed by atoms with Crippen molar-refractivity contribution in [2.45, 2.75) is 17.8 Å². The highest BCUT2D eigenvalue weighted by atomic mass is 35.5. The van der Waals surface area contributed by atoms with Gasteiger partial charge in [-0.2, -0.15) is 0 Å². The van der Waals surface area contributed by atoms with E-state index in [1.54, 1.807) is 13.3 Å². The van der Waals surface area contributed by atoms with Crippen LogP contribution in [0.3, 0.4) is 0 Å². The SMILES string of the molecule is COc1cccnc1NC1c2ccccc2CC1Cl. The van der Waals surface area contributed by atoms with E-state index in [2.05, 4.69) is 22.4 Å². The number of hydrogen-bond acceptors (Lipinski definition) is 3. The molecule has 0 amide bonds. The minimum Gasteiger partial charge on any atom is -0.493 e. The van der Waals surface area contributed by atoms with Crippen LogP contribution in [0.1, 0.15) is 17.2 Å². The number of alkyl halides is 1. The second-order valence-electron chi connectivity index (χ2n) is 4.60. The zero-order valence-electron chi connectivity index (χ0n) is 10.6. The topological polar surface area (TPSA) is 34.1 Å². The molecule has 0 aliphatic heterocycles. The van der Waals surface area contributed by atoms with Gasteiger partial charge in [0.25, 0.3) is 0 Å². The number of nitrogens with zero attached hydrogens (tertiary/aromatic N) is 1. The molecule has 98 valence electrons. The van der Waals surface area contributed by atoms with Gasteiger partial charge >= 0.3 is 0 Å². The number of pyridine rings is 1. The summed E-state index contributed by atoms with van der Waals surface area (Å²) in [6.07, 6.45) is 2.62. The van der Waals surface area contributed by atoms with E-state index in [9.17, 15) is 0 Å². The third kappa shape index (κ3) is 2.26. The zero-order valence-corrected chi connectivity index (χ0v) is 11.4. The van der Waals surface area contributed by atoms with Gasteiger partial charge < -0.3 is 10.1 Å². The normalized spacial score (nSPS) is 20.9. The predicted molar refractivity (Wildman–Crippen MR) is 76.9 cm³/mol. The summed E-state index contributed by atoms with van der Waals surface area (Å²) in [5, 5.41) is 3.43. The molecular formula is C15H15ClN2O. The van der Waals surface area contributed by atoms with Gasteiger partial charge in [-0.05, 0) is 29.7 Å². The number of fused-ring (bicyclic) bond motifs is 1. The largest absolute Gasteiger partial charge is 0.493 e. The van der Waals surface area contributed by atoms with E-state index in [0.29, 0.717) is 0 Å². The van der Waals surface area contributed by atoms with E-state index in [1.165, 1.54) is 11.1 Å². The van der Waals surface area contributed by atoms with Crippen LogP contribution in [0, 0.1) is 0 Å². The lowest BCUT2D eigenvalue weighted by molar-refractivity contribution is 0.414. The van der Waals surface area contributed by atoms with Crippen LogP contribution in [0.5, 0.6) is 5.75 Å². The third-order valence-corrected chi connectivity index (χ3v) is 3.86. The smallest absolute Gasteiger partial charge is 0.169 e. The van der Waals surface area contributed by atoms with Crippen LogP contribution >= 0.6 is 11.6 Å². The van der Waals surface area contributed by atoms with E-state index in [0.717, 1.165) is 18.0 Å². The standard InChI is InChI=1S/C15H15ClN2O/c1-19-13-7-4-8-17-15(13)18-14-11-6-3-2-5-10(11)9-12(14)16/h2-8,12,14H,9H2,1H3,(H,17,18). The first kappa shape index (κ1) is 12.3. The molecule has 0 saturated carbocycles. The summed E-state index contributed by atoms with van der Waals surface area (Å²) in [6.45, 7) is 0. The number of rotatable bonds is 3. The monoisotopic (exact) mass is 274 g/mol. The van der Waals surface area contributed by atoms with Gasteiger partial charge in [-0.1, -0.05) is 24.3 Å². The van der Waals surface area contributed by atoms with Crippen molar-refractivity contribution >= 4 is 17.4 Å². The van der Waals surface area contributed by atoms with Crippen molar-refractivity contribution in [2.75, 3.05) is 12.4 Å². The second-order valence-corrected chi connectivity index (χ2v) is 5.16. The summed E-state index contributed by atoms with van der Waals surface area (Å²) in [6, 6.07) is 12.1. The van der Waals surface area contributed by atoms with Gasteiger partial charge in [0.1, 0.15) is 0 Å². The van der Waals surface area contributed by atoms with Crippen molar-refractivity contribution in [2.24, 2.45) is 0 Å². The van der Waals surface area contributed by atoms with Crippen molar-refractivity contribution in [3.05, 3.63) is 53.7 Å². The number of ether oxygens (including phenoxy) is 1. The molecule has 2 unspecified atom stereocenters. The molecule has 0 saturated heterocycles. The Morgan fingerprint density at radius 1 is 1.26 bits per heavy atom. The summed E-state index contributed by atoms with van der Waals surface area (Å²) in [5.41, 5.74) is 2.55. The molecule has 1 N–H and O–H groups in total. The van der Waals surface area contributed by atoms with E-state index in [1.807, 2.05) is 24.3 Å². The van der Waals surface area contributed by atoms with Crippen LogP contribution in [0.2, 0.25) is 0 Å². The lowest BCUT2D eigenvalue weighted by atomic mass is 10.1. The van der Waals surface area contributed by atoms with Gasteiger partial charge in [0.15, 0.2) is 11.6 Å². The molecular weight excluding hydrogens is 260 g/mol. The Morgan fingerprint density at radius 2 is 2.11 bits per heavy atom. The zero-order chi connectivity index (χ0) is 13.2. The highest BCUT2D eigenvalue weighted by molar-refractivity contribution is 6.21. The Labute approximate surface area is 117 Å². The Bertz CT molecular complexity index is 588. The van der Waals surface area contributed by atoms with E-state index in [-0.39, 0.29) is 11.4 Å². The fraction of sp³-hybridized carbons (Fsp3) is 0.267. The molecule has 0 fully saturated rings. The van der Waals surface area contributed by atoms with Crippen molar-refractivity contribution in [1.29, 1.82) is 0 Å². The minimum absolute atomic E-state index is 0.0316. The summed E-state index contributed by atoms with van der Waals surface area (Å²) in [7, 11) is 1.64. The number of nitrogens with one attached hydrogen (secondary N) is 1. The van der Waals surface area contributed by atoms with E-state index < -0.39 is 0 Å². The average molecular weight is 275 g/mol. The molecule has 1 aliphatic carbocycles. The van der Waals surface area contributed by atoms with Crippen LogP contribution in [0.15, 0.2) is 42.6 Å². The van der Waals surface area contributed by atoms with Gasteiger partial charge in [0.05, 0.1) is 18.5 Å². The summed E-state index contributed by atoms with van der Waals surface area (Å²) in [4.78, 5) is 4.33. The molecule has 3 rings (SSSR count). The first-order valence-corrected chi connectivity index (χ1v) is 6.70. The minimum atomic E-state index is 0.0316. The average Bonchev–Trinajstić information content (AvgIpc) is 2.76. The summed E-state index contributed by atoms with van der Waals surface area (Å²) >= 11 is 6.46. The predicted octanol–water partition coefficient (Wildman–Crippen LogP) is 3.41. The molecule has 19 heavy (non-hydrogen) atoms. The van der Waals surface area contributed by atoms with Gasteiger partial charge in [0.2, 0.25) is 0 Å². The lowest BCUT2D eigenvalue weighted by Crippen LogP contribution is -2.17. The molecule has 4 heteroatoms. The number of hydrogen-bond donors (Lipinski definition) is 1. The Balaban J connectivity index is 1.91. The van der Waals surface area contributed by atoms with Crippen LogP contribution in [0.4, 0.5) is 5.82 Å². The third-order valence-electron chi connectivity index (χ3n) is 3.45. The van der Waals surface area contributed by atoms with Crippen molar-refractivity contribution in [3.63, 3.8) is 0 Å². The van der Waals surface area contributed by atoms with Crippen molar-refractivity contribution < 1.29 is 4.74 Å². The van der Waals surface area contributed by atoms with E-state index in [4.69, 9.17) is 16.3 Å². The molecule has 1 heterocycles. The van der Waals surface area contributed by atoms with Crippen LogP contribution in [-0.4, -0.2) is 17.5 Å². The highest BCUT2D eigenvalue weighted by Gasteiger charge is 2.31. The maximum absolute atomic E-state index is 6.46. The molecule has 1 aliphatic rings. The Morgan fingerprint density at radius 3 is 2.95 bits per heavy atom. The molecule has 1 aromatic carbocycles.